The van der Waals surface area contributed by atoms with Gasteiger partial charge < -0.3 is 5.73 Å². The van der Waals surface area contributed by atoms with E-state index in [0.29, 0.717) is 11.3 Å². The molecule has 15 heavy (non-hydrogen) atoms. The molecular weight excluding hydrogens is 186 g/mol. The molecule has 1 aliphatic rings. The van der Waals surface area contributed by atoms with Gasteiger partial charge in [-0.1, -0.05) is 13.8 Å². The fourth-order valence-corrected chi connectivity index (χ4v) is 2.83. The van der Waals surface area contributed by atoms with Gasteiger partial charge >= 0.3 is 0 Å². The topological polar surface area (TPSA) is 43.8 Å². The van der Waals surface area contributed by atoms with Crippen LogP contribution in [-0.4, -0.2) is 16.3 Å². The zero-order chi connectivity index (χ0) is 11.1. The Morgan fingerprint density at radius 2 is 2.33 bits per heavy atom. The van der Waals surface area contributed by atoms with Gasteiger partial charge in [-0.05, 0) is 36.8 Å². The van der Waals surface area contributed by atoms with Crippen molar-refractivity contribution < 1.29 is 0 Å². The van der Waals surface area contributed by atoms with E-state index < -0.39 is 0 Å². The van der Waals surface area contributed by atoms with Gasteiger partial charge in [0.1, 0.15) is 0 Å². The number of fused-ring (bicyclic) bond motifs is 1. The van der Waals surface area contributed by atoms with Gasteiger partial charge in [-0.2, -0.15) is 5.10 Å². The van der Waals surface area contributed by atoms with Crippen LogP contribution in [0.2, 0.25) is 0 Å². The highest BCUT2D eigenvalue weighted by Crippen LogP contribution is 2.42. The van der Waals surface area contributed by atoms with Gasteiger partial charge in [-0.15, -0.1) is 0 Å². The van der Waals surface area contributed by atoms with Crippen molar-refractivity contribution in [3.05, 3.63) is 17.5 Å². The largest absolute Gasteiger partial charge is 0.330 e. The van der Waals surface area contributed by atoms with E-state index in [0.717, 1.165) is 19.4 Å². The van der Waals surface area contributed by atoms with E-state index in [9.17, 15) is 0 Å². The number of aryl methyl sites for hydroxylation is 1. The fourth-order valence-electron chi connectivity index (χ4n) is 2.83. The van der Waals surface area contributed by atoms with Crippen molar-refractivity contribution >= 4 is 0 Å². The molecule has 0 aliphatic heterocycles. The summed E-state index contributed by atoms with van der Waals surface area (Å²) in [6.45, 7) is 5.44. The number of nitrogens with zero attached hydrogens (tertiary/aromatic N) is 2. The van der Waals surface area contributed by atoms with Crippen LogP contribution in [-0.2, 0) is 13.5 Å². The van der Waals surface area contributed by atoms with Crippen LogP contribution in [0.15, 0.2) is 6.20 Å². The highest BCUT2D eigenvalue weighted by molar-refractivity contribution is 5.26. The molecule has 1 atom stereocenters. The van der Waals surface area contributed by atoms with Crippen molar-refractivity contribution in [2.24, 2.45) is 18.2 Å². The van der Waals surface area contributed by atoms with Crippen LogP contribution in [0, 0.1) is 5.41 Å². The van der Waals surface area contributed by atoms with Crippen LogP contribution < -0.4 is 5.73 Å². The summed E-state index contributed by atoms with van der Waals surface area (Å²) in [5, 5.41) is 4.58. The van der Waals surface area contributed by atoms with Crippen LogP contribution >= 0.6 is 0 Å². The number of rotatable bonds is 2. The second-order valence-electron chi connectivity index (χ2n) is 5.53. The lowest BCUT2D eigenvalue weighted by molar-refractivity contribution is 0.272. The molecule has 0 aromatic carbocycles. The summed E-state index contributed by atoms with van der Waals surface area (Å²) in [4.78, 5) is 0. The van der Waals surface area contributed by atoms with Crippen LogP contribution in [0.4, 0.5) is 0 Å². The lowest BCUT2D eigenvalue weighted by atomic mass is 9.71. The minimum atomic E-state index is 0.399. The maximum absolute atomic E-state index is 5.68. The lowest BCUT2D eigenvalue weighted by Crippen LogP contribution is -2.26. The summed E-state index contributed by atoms with van der Waals surface area (Å²) in [7, 11) is 2.00. The van der Waals surface area contributed by atoms with Gasteiger partial charge in [0.15, 0.2) is 0 Å². The Hall–Kier alpha value is -0.830. The summed E-state index contributed by atoms with van der Waals surface area (Å²) >= 11 is 0. The first-order chi connectivity index (χ1) is 7.02. The van der Waals surface area contributed by atoms with Crippen molar-refractivity contribution in [3.8, 4) is 0 Å². The quantitative estimate of drug-likeness (QED) is 0.804. The number of hydrogen-bond donors (Lipinski definition) is 1. The molecule has 0 spiro atoms. The Kier molecular flexibility index (Phi) is 2.59. The Balaban J connectivity index is 2.33. The molecule has 1 unspecified atom stereocenters. The van der Waals surface area contributed by atoms with Gasteiger partial charge in [0.25, 0.3) is 0 Å². The maximum Gasteiger partial charge on any atom is 0.0688 e. The molecule has 0 saturated carbocycles. The molecule has 3 heteroatoms. The molecule has 0 bridgehead atoms. The predicted octanol–water partition coefficient (Wildman–Crippen LogP) is 1.82. The lowest BCUT2D eigenvalue weighted by Gasteiger charge is -2.34. The van der Waals surface area contributed by atoms with E-state index in [1.807, 2.05) is 11.7 Å². The average Bonchev–Trinajstić information content (AvgIpc) is 2.44. The van der Waals surface area contributed by atoms with Crippen LogP contribution in [0.1, 0.15) is 43.9 Å². The first kappa shape index (κ1) is 10.7. The Bertz CT molecular complexity index is 352. The van der Waals surface area contributed by atoms with Crippen molar-refractivity contribution in [1.82, 2.24) is 9.78 Å². The second-order valence-corrected chi connectivity index (χ2v) is 5.53. The Morgan fingerprint density at radius 3 is 3.00 bits per heavy atom. The van der Waals surface area contributed by atoms with E-state index in [2.05, 4.69) is 25.1 Å². The standard InChI is InChI=1S/C12H21N3/c1-12(2)6-9(4-5-13)11-10(7-12)8-15(3)14-11/h8-9H,4-7,13H2,1-3H3. The summed E-state index contributed by atoms with van der Waals surface area (Å²) < 4.78 is 1.94. The maximum atomic E-state index is 5.68. The monoisotopic (exact) mass is 207 g/mol. The van der Waals surface area contributed by atoms with Gasteiger partial charge in [0.2, 0.25) is 0 Å². The molecule has 1 heterocycles. The Morgan fingerprint density at radius 1 is 1.60 bits per heavy atom. The molecule has 2 N–H and O–H groups in total. The SMILES string of the molecule is Cn1cc2c(n1)C(CCN)CC(C)(C)C2. The summed E-state index contributed by atoms with van der Waals surface area (Å²) in [5.74, 6) is 0.565. The fraction of sp³-hybridized carbons (Fsp3) is 0.750. The van der Waals surface area contributed by atoms with E-state index in [1.54, 1.807) is 0 Å². The van der Waals surface area contributed by atoms with Crippen LogP contribution in [0.5, 0.6) is 0 Å². The molecule has 2 rings (SSSR count). The zero-order valence-electron chi connectivity index (χ0n) is 9.95. The highest BCUT2D eigenvalue weighted by Gasteiger charge is 2.33. The van der Waals surface area contributed by atoms with E-state index >= 15 is 0 Å². The molecule has 0 radical (unpaired) electrons. The molecular formula is C12H21N3. The van der Waals surface area contributed by atoms with Crippen molar-refractivity contribution in [1.29, 1.82) is 0 Å². The molecule has 1 aromatic heterocycles. The molecule has 3 nitrogen and oxygen atoms in total. The molecule has 84 valence electrons. The van der Waals surface area contributed by atoms with E-state index in [4.69, 9.17) is 5.73 Å². The smallest absolute Gasteiger partial charge is 0.0688 e. The predicted molar refractivity (Wildman–Crippen MR) is 61.7 cm³/mol. The average molecular weight is 207 g/mol. The van der Waals surface area contributed by atoms with E-state index in [1.165, 1.54) is 17.7 Å². The third kappa shape index (κ3) is 2.07. The molecule has 1 aromatic rings. The third-order valence-electron chi connectivity index (χ3n) is 3.31. The van der Waals surface area contributed by atoms with Crippen molar-refractivity contribution in [2.75, 3.05) is 6.54 Å². The molecule has 0 amide bonds. The minimum absolute atomic E-state index is 0.399. The van der Waals surface area contributed by atoms with Crippen LogP contribution in [0.3, 0.4) is 0 Å². The summed E-state index contributed by atoms with van der Waals surface area (Å²) in [6, 6.07) is 0. The zero-order valence-corrected chi connectivity index (χ0v) is 9.95. The highest BCUT2D eigenvalue weighted by atomic mass is 15.3. The minimum Gasteiger partial charge on any atom is -0.330 e. The van der Waals surface area contributed by atoms with Gasteiger partial charge in [-0.25, -0.2) is 0 Å². The van der Waals surface area contributed by atoms with Crippen molar-refractivity contribution in [2.45, 2.75) is 39.0 Å². The summed E-state index contributed by atoms with van der Waals surface area (Å²) in [6.07, 6.45) is 5.60. The van der Waals surface area contributed by atoms with Gasteiger partial charge in [0.05, 0.1) is 5.69 Å². The first-order valence-electron chi connectivity index (χ1n) is 5.74. The number of hydrogen-bond acceptors (Lipinski definition) is 2. The second kappa shape index (κ2) is 3.63. The molecule has 0 saturated heterocycles. The normalized spacial score (nSPS) is 23.9. The number of nitrogens with two attached hydrogens (primary N) is 1. The Labute approximate surface area is 91.7 Å². The van der Waals surface area contributed by atoms with Crippen molar-refractivity contribution in [3.63, 3.8) is 0 Å². The van der Waals surface area contributed by atoms with Gasteiger partial charge in [-0.3, -0.25) is 4.68 Å². The first-order valence-corrected chi connectivity index (χ1v) is 5.74. The van der Waals surface area contributed by atoms with Crippen LogP contribution in [0.25, 0.3) is 0 Å². The number of aromatic nitrogens is 2. The third-order valence-corrected chi connectivity index (χ3v) is 3.31. The molecule has 1 aliphatic carbocycles. The van der Waals surface area contributed by atoms with Gasteiger partial charge in [0, 0.05) is 19.2 Å². The molecule has 0 fully saturated rings. The van der Waals surface area contributed by atoms with E-state index in [-0.39, 0.29) is 0 Å². The summed E-state index contributed by atoms with van der Waals surface area (Å²) in [5.41, 5.74) is 8.79.